The fourth-order valence-electron chi connectivity index (χ4n) is 0.984. The summed E-state index contributed by atoms with van der Waals surface area (Å²) in [5.74, 6) is -0.265. The average molecular weight is 266 g/mol. The summed E-state index contributed by atoms with van der Waals surface area (Å²) >= 11 is 0. The smallest absolute Gasteiger partial charge is 0.222 e. The fourth-order valence-corrected chi connectivity index (χ4v) is 1.32. The molecule has 0 aromatic rings. The van der Waals surface area contributed by atoms with Crippen LogP contribution in [0, 0.1) is 0 Å². The first-order valence-electron chi connectivity index (χ1n) is 5.33. The number of carbonyl (C=O) groups is 1. The van der Waals surface area contributed by atoms with Crippen molar-refractivity contribution < 1.29 is 17.9 Å². The SMILES string of the molecule is COC(CN)CC(=O)NCC(C)(C)S(C)(=O)=O. The van der Waals surface area contributed by atoms with Gasteiger partial charge in [0.25, 0.3) is 0 Å². The van der Waals surface area contributed by atoms with E-state index in [4.69, 9.17) is 10.5 Å². The molecule has 0 aliphatic rings. The van der Waals surface area contributed by atoms with Crippen LogP contribution in [-0.4, -0.2) is 51.6 Å². The third-order valence-corrected chi connectivity index (χ3v) is 4.88. The number of ether oxygens (including phenoxy) is 1. The lowest BCUT2D eigenvalue weighted by atomic mass is 10.2. The second kappa shape index (κ2) is 6.32. The van der Waals surface area contributed by atoms with Gasteiger partial charge in [0.15, 0.2) is 9.84 Å². The zero-order valence-electron chi connectivity index (χ0n) is 10.8. The average Bonchev–Trinajstić information content (AvgIpc) is 2.21. The first-order chi connectivity index (χ1) is 7.64. The van der Waals surface area contributed by atoms with Crippen LogP contribution in [0.2, 0.25) is 0 Å². The zero-order chi connectivity index (χ0) is 13.7. The minimum absolute atomic E-state index is 0.0751. The Morgan fingerprint density at radius 3 is 2.35 bits per heavy atom. The van der Waals surface area contributed by atoms with Crippen molar-refractivity contribution in [2.24, 2.45) is 5.73 Å². The molecule has 0 spiro atoms. The summed E-state index contributed by atoms with van der Waals surface area (Å²) in [4.78, 5) is 11.5. The molecule has 17 heavy (non-hydrogen) atoms. The van der Waals surface area contributed by atoms with Crippen molar-refractivity contribution in [3.05, 3.63) is 0 Å². The molecule has 102 valence electrons. The molecule has 7 heteroatoms. The molecule has 0 aliphatic carbocycles. The molecule has 0 radical (unpaired) electrons. The number of methoxy groups -OCH3 is 1. The topological polar surface area (TPSA) is 98.5 Å². The van der Waals surface area contributed by atoms with Gasteiger partial charge in [-0.15, -0.1) is 0 Å². The Labute approximate surface area is 103 Å². The highest BCUT2D eigenvalue weighted by Crippen LogP contribution is 2.13. The summed E-state index contributed by atoms with van der Waals surface area (Å²) in [5, 5.41) is 2.57. The second-order valence-electron chi connectivity index (χ2n) is 4.61. The summed E-state index contributed by atoms with van der Waals surface area (Å²) < 4.78 is 26.8. The summed E-state index contributed by atoms with van der Waals surface area (Å²) in [6, 6.07) is 0. The summed E-state index contributed by atoms with van der Waals surface area (Å²) in [7, 11) is -1.73. The molecule has 0 rings (SSSR count). The Morgan fingerprint density at radius 1 is 1.47 bits per heavy atom. The van der Waals surface area contributed by atoms with Crippen LogP contribution in [-0.2, 0) is 19.4 Å². The Hall–Kier alpha value is -0.660. The molecule has 1 amide bonds. The van der Waals surface area contributed by atoms with Gasteiger partial charge in [0.1, 0.15) is 0 Å². The number of rotatable bonds is 7. The van der Waals surface area contributed by atoms with Crippen LogP contribution in [0.15, 0.2) is 0 Å². The van der Waals surface area contributed by atoms with Gasteiger partial charge in [-0.3, -0.25) is 4.79 Å². The van der Waals surface area contributed by atoms with Crippen LogP contribution < -0.4 is 11.1 Å². The van der Waals surface area contributed by atoms with Gasteiger partial charge in [-0.2, -0.15) is 0 Å². The lowest BCUT2D eigenvalue weighted by Crippen LogP contribution is -2.44. The molecule has 0 aromatic carbocycles. The van der Waals surface area contributed by atoms with Gasteiger partial charge in [0, 0.05) is 26.5 Å². The zero-order valence-corrected chi connectivity index (χ0v) is 11.6. The molecular weight excluding hydrogens is 244 g/mol. The molecule has 0 aliphatic heterocycles. The van der Waals surface area contributed by atoms with E-state index in [9.17, 15) is 13.2 Å². The van der Waals surface area contributed by atoms with Crippen molar-refractivity contribution in [1.82, 2.24) is 5.32 Å². The second-order valence-corrected chi connectivity index (χ2v) is 7.26. The van der Waals surface area contributed by atoms with E-state index in [2.05, 4.69) is 5.32 Å². The standard InChI is InChI=1S/C10H22N2O4S/c1-10(2,17(4,14)15)7-12-9(13)5-8(6-11)16-3/h8H,5-7,11H2,1-4H3,(H,12,13). The fraction of sp³-hybridized carbons (Fsp3) is 0.900. The highest BCUT2D eigenvalue weighted by molar-refractivity contribution is 7.92. The van der Waals surface area contributed by atoms with Crippen molar-refractivity contribution in [2.45, 2.75) is 31.1 Å². The number of hydrogen-bond acceptors (Lipinski definition) is 5. The molecule has 0 aromatic heterocycles. The highest BCUT2D eigenvalue weighted by Gasteiger charge is 2.30. The number of hydrogen-bond donors (Lipinski definition) is 2. The molecule has 0 heterocycles. The Balaban J connectivity index is 4.26. The van der Waals surface area contributed by atoms with E-state index in [0.29, 0.717) is 0 Å². The molecule has 6 nitrogen and oxygen atoms in total. The van der Waals surface area contributed by atoms with Gasteiger partial charge in [0.2, 0.25) is 5.91 Å². The van der Waals surface area contributed by atoms with Gasteiger partial charge < -0.3 is 15.8 Å². The first-order valence-corrected chi connectivity index (χ1v) is 7.22. The molecule has 1 atom stereocenters. The van der Waals surface area contributed by atoms with Crippen LogP contribution in [0.4, 0.5) is 0 Å². The summed E-state index contributed by atoms with van der Waals surface area (Å²) in [6.45, 7) is 3.46. The van der Waals surface area contributed by atoms with Crippen molar-refractivity contribution in [1.29, 1.82) is 0 Å². The van der Waals surface area contributed by atoms with Gasteiger partial charge in [0.05, 0.1) is 17.3 Å². The normalized spacial score (nSPS) is 14.4. The maximum Gasteiger partial charge on any atom is 0.222 e. The number of nitrogens with one attached hydrogen (secondary N) is 1. The van der Waals surface area contributed by atoms with Gasteiger partial charge >= 0.3 is 0 Å². The van der Waals surface area contributed by atoms with Crippen molar-refractivity contribution in [3.63, 3.8) is 0 Å². The quantitative estimate of drug-likeness (QED) is 0.634. The third-order valence-electron chi connectivity index (χ3n) is 2.72. The predicted molar refractivity (Wildman–Crippen MR) is 66.4 cm³/mol. The lowest BCUT2D eigenvalue weighted by Gasteiger charge is -2.23. The van der Waals surface area contributed by atoms with Gasteiger partial charge in [-0.05, 0) is 13.8 Å². The number of nitrogens with two attached hydrogens (primary N) is 1. The van der Waals surface area contributed by atoms with Crippen LogP contribution >= 0.6 is 0 Å². The van der Waals surface area contributed by atoms with Crippen molar-refractivity contribution >= 4 is 15.7 Å². The molecule has 0 bridgehead atoms. The van der Waals surface area contributed by atoms with E-state index in [-0.39, 0.29) is 31.5 Å². The predicted octanol–water partition coefficient (Wildman–Crippen LogP) is -0.710. The maximum atomic E-state index is 11.5. The van der Waals surface area contributed by atoms with Crippen LogP contribution in [0.3, 0.4) is 0 Å². The number of sulfone groups is 1. The van der Waals surface area contributed by atoms with E-state index in [0.717, 1.165) is 6.26 Å². The molecule has 1 unspecified atom stereocenters. The maximum absolute atomic E-state index is 11.5. The Bertz CT molecular complexity index is 347. The highest BCUT2D eigenvalue weighted by atomic mass is 32.2. The minimum atomic E-state index is -3.21. The van der Waals surface area contributed by atoms with E-state index >= 15 is 0 Å². The van der Waals surface area contributed by atoms with Gasteiger partial charge in [-0.25, -0.2) is 8.42 Å². The molecule has 0 saturated heterocycles. The van der Waals surface area contributed by atoms with Crippen molar-refractivity contribution in [2.75, 3.05) is 26.5 Å². The molecular formula is C10H22N2O4S. The van der Waals surface area contributed by atoms with E-state index in [1.54, 1.807) is 13.8 Å². The summed E-state index contributed by atoms with van der Waals surface area (Å²) in [6.07, 6.45) is 0.945. The molecule has 0 saturated carbocycles. The van der Waals surface area contributed by atoms with Gasteiger partial charge in [-0.1, -0.05) is 0 Å². The van der Waals surface area contributed by atoms with E-state index < -0.39 is 14.6 Å². The van der Waals surface area contributed by atoms with E-state index in [1.165, 1.54) is 7.11 Å². The van der Waals surface area contributed by atoms with E-state index in [1.807, 2.05) is 0 Å². The first kappa shape index (κ1) is 16.3. The number of carbonyl (C=O) groups excluding carboxylic acids is 1. The monoisotopic (exact) mass is 266 g/mol. The number of amides is 1. The lowest BCUT2D eigenvalue weighted by molar-refractivity contribution is -0.123. The van der Waals surface area contributed by atoms with Crippen LogP contribution in [0.1, 0.15) is 20.3 Å². The Kier molecular flexibility index (Phi) is 6.08. The molecule has 3 N–H and O–H groups in total. The van der Waals surface area contributed by atoms with Crippen LogP contribution in [0.25, 0.3) is 0 Å². The Morgan fingerprint density at radius 2 is 2.00 bits per heavy atom. The molecule has 0 fully saturated rings. The summed E-state index contributed by atoms with van der Waals surface area (Å²) in [5.41, 5.74) is 5.38. The third kappa shape index (κ3) is 5.47. The van der Waals surface area contributed by atoms with Crippen molar-refractivity contribution in [3.8, 4) is 0 Å². The largest absolute Gasteiger partial charge is 0.380 e. The minimum Gasteiger partial charge on any atom is -0.380 e. The van der Waals surface area contributed by atoms with Crippen LogP contribution in [0.5, 0.6) is 0 Å².